The van der Waals surface area contributed by atoms with E-state index in [1.807, 2.05) is 6.92 Å². The maximum Gasteiger partial charge on any atom is 0.408 e. The fraction of sp³-hybridized carbons (Fsp3) is 0.656. The number of alkyl halides is 2. The first-order valence-electron chi connectivity index (χ1n) is 15.5. The van der Waals surface area contributed by atoms with Crippen molar-refractivity contribution < 1.29 is 42.5 Å². The first kappa shape index (κ1) is 32.6. The third-order valence-corrected chi connectivity index (χ3v) is 9.38. The summed E-state index contributed by atoms with van der Waals surface area (Å²) in [4.78, 5) is 49.5. The maximum atomic E-state index is 15.9. The number of rotatable bonds is 2. The molecule has 1 aromatic heterocycles. The lowest BCUT2D eigenvalue weighted by atomic mass is 9.85. The van der Waals surface area contributed by atoms with E-state index in [1.54, 1.807) is 45.9 Å². The Morgan fingerprint density at radius 3 is 2.56 bits per heavy atom. The van der Waals surface area contributed by atoms with Gasteiger partial charge in [0.05, 0.1) is 24.7 Å². The van der Waals surface area contributed by atoms with Crippen molar-refractivity contribution in [2.45, 2.75) is 103 Å². The Morgan fingerprint density at radius 2 is 1.89 bits per heavy atom. The normalized spacial score (nSPS) is 30.8. The second-order valence-corrected chi connectivity index (χ2v) is 13.9. The average Bonchev–Trinajstić information content (AvgIpc) is 3.46. The molecule has 1 saturated heterocycles. The number of hydrogen-bond acceptors (Lipinski definition) is 8. The molecule has 2 fully saturated rings. The van der Waals surface area contributed by atoms with Crippen molar-refractivity contribution in [3.8, 4) is 11.6 Å². The van der Waals surface area contributed by atoms with Crippen molar-refractivity contribution >= 4 is 29.0 Å². The van der Waals surface area contributed by atoms with E-state index in [0.717, 1.165) is 4.90 Å². The Hall–Kier alpha value is -3.77. The van der Waals surface area contributed by atoms with Crippen molar-refractivity contribution in [3.05, 3.63) is 23.9 Å². The predicted octanol–water partition coefficient (Wildman–Crippen LogP) is 5.29. The lowest BCUT2D eigenvalue weighted by Gasteiger charge is -2.35. The Labute approximate surface area is 261 Å². The van der Waals surface area contributed by atoms with Crippen LogP contribution in [0.3, 0.4) is 0 Å². The van der Waals surface area contributed by atoms with Crippen LogP contribution in [0, 0.1) is 17.3 Å². The van der Waals surface area contributed by atoms with Gasteiger partial charge >= 0.3 is 12.1 Å². The van der Waals surface area contributed by atoms with E-state index >= 15 is 8.78 Å². The summed E-state index contributed by atoms with van der Waals surface area (Å²) in [6.45, 7) is 8.43. The number of aromatic nitrogens is 2. The fourth-order valence-electron chi connectivity index (χ4n) is 6.47. The Kier molecular flexibility index (Phi) is 8.60. The molecule has 1 saturated carbocycles. The number of aliphatic carboxylic acids is 1. The number of carboxylic acid groups (broad SMARTS) is 1. The molecule has 13 heteroatoms. The standard InChI is InChI=1S/C32H42F2N4O7/c1-17-22-16-38(23(17)28(40)41)27(39)25(30(2,3)4)37-29(42)45-31(5)15-18(31)10-8-7-9-13-32(33,34)24-26(44-22)36-21-14-19(43-6)11-12-20(21)35-24/h11-12,14,17-18,22-23,25H,7-10,13,15-16H2,1-6H3,(H,37,42)(H,40,41)/t17-,18-,22+,23+,25-,31-/m1/s1. The molecule has 3 heterocycles. The molecule has 2 bridgehead atoms. The molecular weight excluding hydrogens is 590 g/mol. The quantitative estimate of drug-likeness (QED) is 0.452. The lowest BCUT2D eigenvalue weighted by molar-refractivity contribution is -0.151. The topological polar surface area (TPSA) is 140 Å². The Bertz CT molecular complexity index is 1480. The summed E-state index contributed by atoms with van der Waals surface area (Å²) in [5, 5.41) is 12.9. The zero-order valence-corrected chi connectivity index (χ0v) is 26.6. The number of nitrogens with one attached hydrogen (secondary N) is 1. The zero-order valence-electron chi connectivity index (χ0n) is 26.6. The fourth-order valence-corrected chi connectivity index (χ4v) is 6.47. The SMILES string of the molecule is COc1ccc2nc3c(nc2c1)O[C@H]1CN(C(=O)[C@H](C(C)(C)C)NC(=O)O[C@]2(C)C[C@H]2CCCCCC3(F)F)[C@H](C(=O)O)[C@@H]1C. The first-order chi connectivity index (χ1) is 21.0. The molecule has 5 rings (SSSR count). The van der Waals surface area contributed by atoms with Crippen LogP contribution in [-0.4, -0.2) is 75.4 Å². The highest BCUT2D eigenvalue weighted by Gasteiger charge is 2.55. The van der Waals surface area contributed by atoms with Gasteiger partial charge in [0.25, 0.3) is 5.92 Å². The second kappa shape index (κ2) is 11.9. The van der Waals surface area contributed by atoms with E-state index in [-0.39, 0.29) is 29.9 Å². The van der Waals surface area contributed by atoms with Gasteiger partial charge in [-0.3, -0.25) is 4.79 Å². The first-order valence-corrected chi connectivity index (χ1v) is 15.5. The molecule has 2 aromatic rings. The molecule has 2 N–H and O–H groups in total. The van der Waals surface area contributed by atoms with Gasteiger partial charge < -0.3 is 29.5 Å². The van der Waals surface area contributed by atoms with Gasteiger partial charge in [-0.05, 0) is 43.7 Å². The minimum absolute atomic E-state index is 0.0783. The average molecular weight is 633 g/mol. The molecule has 1 aromatic carbocycles. The number of nitrogens with zero attached hydrogens (tertiary/aromatic N) is 3. The number of methoxy groups -OCH3 is 1. The van der Waals surface area contributed by atoms with Crippen LogP contribution in [0.4, 0.5) is 13.6 Å². The van der Waals surface area contributed by atoms with Crippen LogP contribution >= 0.6 is 0 Å². The molecule has 246 valence electrons. The van der Waals surface area contributed by atoms with Crippen LogP contribution in [0.15, 0.2) is 18.2 Å². The van der Waals surface area contributed by atoms with E-state index < -0.39 is 77.0 Å². The molecular formula is C32H42F2N4O7. The summed E-state index contributed by atoms with van der Waals surface area (Å²) >= 11 is 0. The molecule has 6 atom stereocenters. The third-order valence-electron chi connectivity index (χ3n) is 9.38. The molecule has 45 heavy (non-hydrogen) atoms. The minimum Gasteiger partial charge on any atom is -0.497 e. The molecule has 2 amide bonds. The number of alkyl carbamates (subject to hydrolysis) is 1. The van der Waals surface area contributed by atoms with Crippen LogP contribution in [0.25, 0.3) is 11.0 Å². The number of fused-ring (bicyclic) bond motifs is 5. The van der Waals surface area contributed by atoms with E-state index in [9.17, 15) is 19.5 Å². The van der Waals surface area contributed by atoms with Crippen molar-refractivity contribution in [3.63, 3.8) is 0 Å². The smallest absolute Gasteiger partial charge is 0.408 e. The monoisotopic (exact) mass is 632 g/mol. The summed E-state index contributed by atoms with van der Waals surface area (Å²) in [5.74, 6) is -6.03. The summed E-state index contributed by atoms with van der Waals surface area (Å²) in [6.07, 6.45) is 0.519. The van der Waals surface area contributed by atoms with Crippen molar-refractivity contribution in [1.82, 2.24) is 20.2 Å². The number of hydrogen-bond donors (Lipinski definition) is 2. The molecule has 3 aliphatic rings. The number of halogens is 2. The van der Waals surface area contributed by atoms with E-state index in [1.165, 1.54) is 7.11 Å². The minimum atomic E-state index is -3.40. The zero-order chi connectivity index (χ0) is 32.9. The van der Waals surface area contributed by atoms with E-state index in [0.29, 0.717) is 31.4 Å². The van der Waals surface area contributed by atoms with Crippen molar-refractivity contribution in [1.29, 1.82) is 0 Å². The lowest BCUT2D eigenvalue weighted by Crippen LogP contribution is -2.57. The van der Waals surface area contributed by atoms with Gasteiger partial charge in [-0.1, -0.05) is 40.5 Å². The highest BCUT2D eigenvalue weighted by atomic mass is 19.3. The van der Waals surface area contributed by atoms with Gasteiger partial charge in [0.2, 0.25) is 11.8 Å². The van der Waals surface area contributed by atoms with Crippen LogP contribution in [0.5, 0.6) is 11.6 Å². The summed E-state index contributed by atoms with van der Waals surface area (Å²) < 4.78 is 48.9. The van der Waals surface area contributed by atoms with Crippen molar-refractivity contribution in [2.24, 2.45) is 17.3 Å². The highest BCUT2D eigenvalue weighted by molar-refractivity contribution is 5.90. The molecule has 2 aliphatic heterocycles. The van der Waals surface area contributed by atoms with E-state index in [2.05, 4.69) is 15.3 Å². The van der Waals surface area contributed by atoms with Crippen molar-refractivity contribution in [2.75, 3.05) is 13.7 Å². The van der Waals surface area contributed by atoms with Crippen LogP contribution in [0.1, 0.15) is 78.8 Å². The summed E-state index contributed by atoms with van der Waals surface area (Å²) in [5.41, 5.74) is -1.68. The van der Waals surface area contributed by atoms with Gasteiger partial charge in [-0.15, -0.1) is 0 Å². The molecule has 0 spiro atoms. The third kappa shape index (κ3) is 6.62. The Balaban J connectivity index is 1.56. The van der Waals surface area contributed by atoms with Crippen LogP contribution < -0.4 is 14.8 Å². The Morgan fingerprint density at radius 1 is 1.16 bits per heavy atom. The maximum absolute atomic E-state index is 15.9. The summed E-state index contributed by atoms with van der Waals surface area (Å²) in [6, 6.07) is 2.22. The number of carbonyl (C=O) groups is 3. The van der Waals surface area contributed by atoms with Gasteiger partial charge in [-0.2, -0.15) is 8.78 Å². The largest absolute Gasteiger partial charge is 0.497 e. The van der Waals surface area contributed by atoms with Gasteiger partial charge in [0.15, 0.2) is 5.69 Å². The predicted molar refractivity (Wildman–Crippen MR) is 159 cm³/mol. The van der Waals surface area contributed by atoms with E-state index in [4.69, 9.17) is 14.2 Å². The molecule has 0 unspecified atom stereocenters. The highest BCUT2D eigenvalue weighted by Crippen LogP contribution is 2.50. The number of carbonyl (C=O) groups excluding carboxylic acids is 2. The summed E-state index contributed by atoms with van der Waals surface area (Å²) in [7, 11) is 1.47. The number of amides is 2. The molecule has 0 radical (unpaired) electrons. The van der Waals surface area contributed by atoms with Crippen LogP contribution in [-0.2, 0) is 20.2 Å². The van der Waals surface area contributed by atoms with Gasteiger partial charge in [0.1, 0.15) is 29.5 Å². The van der Waals surface area contributed by atoms with Gasteiger partial charge in [0, 0.05) is 24.3 Å². The number of ether oxygens (including phenoxy) is 3. The number of carboxylic acids is 1. The molecule has 1 aliphatic carbocycles. The number of benzene rings is 1. The molecule has 11 nitrogen and oxygen atoms in total. The van der Waals surface area contributed by atoms with Gasteiger partial charge in [-0.25, -0.2) is 19.6 Å². The second-order valence-electron chi connectivity index (χ2n) is 13.9. The van der Waals surface area contributed by atoms with Crippen LogP contribution in [0.2, 0.25) is 0 Å².